The van der Waals surface area contributed by atoms with E-state index in [1.54, 1.807) is 6.20 Å². The van der Waals surface area contributed by atoms with Gasteiger partial charge in [0, 0.05) is 13.2 Å². The molecule has 1 fully saturated rings. The van der Waals surface area contributed by atoms with Crippen LogP contribution >= 0.6 is 11.6 Å². The monoisotopic (exact) mass is 313 g/mol. The molecule has 5 heteroatoms. The number of ether oxygens (including phenoxy) is 1. The Balaban J connectivity index is 2.32. The highest BCUT2D eigenvalue weighted by atomic mass is 35.5. The summed E-state index contributed by atoms with van der Waals surface area (Å²) < 4.78 is 8.21. The van der Waals surface area contributed by atoms with E-state index in [1.165, 1.54) is 6.42 Å². The largest absolute Gasteiger partial charge is 0.373 e. The van der Waals surface area contributed by atoms with Gasteiger partial charge in [0.15, 0.2) is 0 Å². The Hall–Kier alpha value is -0.580. The van der Waals surface area contributed by atoms with Crippen LogP contribution in [0.25, 0.3) is 0 Å². The summed E-state index contributed by atoms with van der Waals surface area (Å²) in [7, 11) is 0. The molecule has 21 heavy (non-hydrogen) atoms. The van der Waals surface area contributed by atoms with E-state index in [0.717, 1.165) is 56.1 Å². The molecular weight excluding hydrogens is 286 g/mol. The van der Waals surface area contributed by atoms with Crippen LogP contribution in [-0.2, 0) is 11.3 Å². The maximum absolute atomic E-state index is 6.46. The summed E-state index contributed by atoms with van der Waals surface area (Å²) in [6, 6.07) is 0.0966. The van der Waals surface area contributed by atoms with Crippen molar-refractivity contribution in [3.8, 4) is 0 Å². The molecule has 1 aliphatic heterocycles. The van der Waals surface area contributed by atoms with Crippen LogP contribution in [0.5, 0.6) is 0 Å². The van der Waals surface area contributed by atoms with E-state index in [0.29, 0.717) is 0 Å². The Bertz CT molecular complexity index is 441. The van der Waals surface area contributed by atoms with E-state index in [9.17, 15) is 0 Å². The Morgan fingerprint density at radius 2 is 2.24 bits per heavy atom. The maximum Gasteiger partial charge on any atom is 0.0864 e. The van der Waals surface area contributed by atoms with Crippen LogP contribution in [0.3, 0.4) is 0 Å². The molecule has 1 aromatic rings. The Kier molecular flexibility index (Phi) is 6.08. The third-order valence-electron chi connectivity index (χ3n) is 4.25. The normalized spacial score (nSPS) is 24.2. The van der Waals surface area contributed by atoms with E-state index in [1.807, 2.05) is 4.68 Å². The zero-order valence-corrected chi connectivity index (χ0v) is 14.2. The van der Waals surface area contributed by atoms with E-state index in [2.05, 4.69) is 31.2 Å². The van der Waals surface area contributed by atoms with Gasteiger partial charge < -0.3 is 10.1 Å². The van der Waals surface area contributed by atoms with Crippen LogP contribution in [0.1, 0.15) is 64.6 Å². The summed E-state index contributed by atoms with van der Waals surface area (Å²) in [6.45, 7) is 9.23. The number of rotatable bonds is 7. The molecule has 2 heterocycles. The molecule has 2 atom stereocenters. The van der Waals surface area contributed by atoms with Gasteiger partial charge >= 0.3 is 0 Å². The molecule has 1 saturated heterocycles. The van der Waals surface area contributed by atoms with Crippen molar-refractivity contribution >= 4 is 11.6 Å². The molecular formula is C16H28ClN3O. The molecule has 2 rings (SSSR count). The lowest BCUT2D eigenvalue weighted by Gasteiger charge is -2.41. The van der Waals surface area contributed by atoms with Crippen molar-refractivity contribution in [1.82, 2.24) is 15.1 Å². The van der Waals surface area contributed by atoms with Crippen molar-refractivity contribution in [2.45, 2.75) is 71.1 Å². The fourth-order valence-electron chi connectivity index (χ4n) is 3.12. The Labute approximate surface area is 133 Å². The standard InChI is InChI=1S/C16H28ClN3O/c1-4-9-18-15(16(3)8-6-7-11-21-16)14-13(17)12-19-20(14)10-5-2/h12,15,18H,4-11H2,1-3H3. The molecule has 0 bridgehead atoms. The molecule has 120 valence electrons. The maximum atomic E-state index is 6.46. The lowest BCUT2D eigenvalue weighted by molar-refractivity contribution is -0.0913. The van der Waals surface area contributed by atoms with Gasteiger partial charge in [0.05, 0.1) is 28.6 Å². The molecule has 0 amide bonds. The Morgan fingerprint density at radius 1 is 1.43 bits per heavy atom. The zero-order chi connectivity index (χ0) is 15.3. The molecule has 4 nitrogen and oxygen atoms in total. The van der Waals surface area contributed by atoms with Gasteiger partial charge in [-0.05, 0) is 45.6 Å². The number of hydrogen-bond donors (Lipinski definition) is 1. The molecule has 1 N–H and O–H groups in total. The van der Waals surface area contributed by atoms with E-state index in [-0.39, 0.29) is 11.6 Å². The van der Waals surface area contributed by atoms with Gasteiger partial charge in [-0.1, -0.05) is 25.4 Å². The minimum atomic E-state index is -0.206. The van der Waals surface area contributed by atoms with Crippen molar-refractivity contribution < 1.29 is 4.74 Å². The predicted molar refractivity (Wildman–Crippen MR) is 86.8 cm³/mol. The van der Waals surface area contributed by atoms with E-state index < -0.39 is 0 Å². The molecule has 0 saturated carbocycles. The van der Waals surface area contributed by atoms with Gasteiger partial charge in [-0.3, -0.25) is 4.68 Å². The number of aromatic nitrogens is 2. The highest BCUT2D eigenvalue weighted by Gasteiger charge is 2.40. The SMILES string of the molecule is CCCNC(c1c(Cl)cnn1CCC)C1(C)CCCCO1. The lowest BCUT2D eigenvalue weighted by Crippen LogP contribution is -2.47. The van der Waals surface area contributed by atoms with Gasteiger partial charge in [0.2, 0.25) is 0 Å². The molecule has 0 spiro atoms. The second-order valence-electron chi connectivity index (χ2n) is 6.11. The number of aryl methyl sites for hydroxylation is 1. The molecule has 2 unspecified atom stereocenters. The van der Waals surface area contributed by atoms with Crippen LogP contribution < -0.4 is 5.32 Å². The second kappa shape index (κ2) is 7.61. The first-order valence-electron chi connectivity index (χ1n) is 8.21. The van der Waals surface area contributed by atoms with Crippen molar-refractivity contribution in [2.24, 2.45) is 0 Å². The molecule has 1 aromatic heterocycles. The van der Waals surface area contributed by atoms with Crippen molar-refractivity contribution in [1.29, 1.82) is 0 Å². The summed E-state index contributed by atoms with van der Waals surface area (Å²) >= 11 is 6.46. The van der Waals surface area contributed by atoms with Gasteiger partial charge in [0.25, 0.3) is 0 Å². The van der Waals surface area contributed by atoms with Crippen LogP contribution in [0.15, 0.2) is 6.20 Å². The van der Waals surface area contributed by atoms with E-state index in [4.69, 9.17) is 16.3 Å². The topological polar surface area (TPSA) is 39.1 Å². The van der Waals surface area contributed by atoms with Crippen molar-refractivity contribution in [3.63, 3.8) is 0 Å². The zero-order valence-electron chi connectivity index (χ0n) is 13.5. The molecule has 0 aromatic carbocycles. The fraction of sp³-hybridized carbons (Fsp3) is 0.812. The number of nitrogens with zero attached hydrogens (tertiary/aromatic N) is 2. The van der Waals surface area contributed by atoms with Gasteiger partial charge in [0.1, 0.15) is 0 Å². The van der Waals surface area contributed by atoms with Gasteiger partial charge in [-0.15, -0.1) is 0 Å². The minimum absolute atomic E-state index is 0.0966. The fourth-order valence-corrected chi connectivity index (χ4v) is 3.37. The van der Waals surface area contributed by atoms with Crippen LogP contribution in [0.4, 0.5) is 0 Å². The Morgan fingerprint density at radius 3 is 2.86 bits per heavy atom. The molecule has 0 radical (unpaired) electrons. The second-order valence-corrected chi connectivity index (χ2v) is 6.51. The highest BCUT2D eigenvalue weighted by Crippen LogP contribution is 2.39. The third kappa shape index (κ3) is 3.79. The van der Waals surface area contributed by atoms with Crippen molar-refractivity contribution in [2.75, 3.05) is 13.2 Å². The number of nitrogens with one attached hydrogen (secondary N) is 1. The van der Waals surface area contributed by atoms with Crippen LogP contribution in [0, 0.1) is 0 Å². The minimum Gasteiger partial charge on any atom is -0.373 e. The summed E-state index contributed by atoms with van der Waals surface area (Å²) in [4.78, 5) is 0. The average Bonchev–Trinajstić information content (AvgIpc) is 2.82. The number of hydrogen-bond acceptors (Lipinski definition) is 3. The predicted octanol–water partition coefficient (Wildman–Crippen LogP) is 3.95. The van der Waals surface area contributed by atoms with Gasteiger partial charge in [-0.2, -0.15) is 5.10 Å². The quantitative estimate of drug-likeness (QED) is 0.828. The third-order valence-corrected chi connectivity index (χ3v) is 4.54. The molecule has 1 aliphatic rings. The van der Waals surface area contributed by atoms with Crippen LogP contribution in [-0.4, -0.2) is 28.5 Å². The van der Waals surface area contributed by atoms with Crippen LogP contribution in [0.2, 0.25) is 5.02 Å². The smallest absolute Gasteiger partial charge is 0.0864 e. The first kappa shape index (κ1) is 16.8. The summed E-state index contributed by atoms with van der Waals surface area (Å²) in [5.74, 6) is 0. The molecule has 0 aliphatic carbocycles. The lowest BCUT2D eigenvalue weighted by atomic mass is 9.86. The number of halogens is 1. The summed E-state index contributed by atoms with van der Waals surface area (Å²) in [5, 5.41) is 8.84. The first-order valence-corrected chi connectivity index (χ1v) is 8.58. The summed E-state index contributed by atoms with van der Waals surface area (Å²) in [6.07, 6.45) is 7.31. The van der Waals surface area contributed by atoms with Gasteiger partial charge in [-0.25, -0.2) is 0 Å². The van der Waals surface area contributed by atoms with E-state index >= 15 is 0 Å². The average molecular weight is 314 g/mol. The summed E-state index contributed by atoms with van der Waals surface area (Å²) in [5.41, 5.74) is 0.874. The van der Waals surface area contributed by atoms with Crippen molar-refractivity contribution in [3.05, 3.63) is 16.9 Å². The highest BCUT2D eigenvalue weighted by molar-refractivity contribution is 6.31. The first-order chi connectivity index (χ1) is 10.1.